The lowest BCUT2D eigenvalue weighted by Gasteiger charge is -2.18. The number of nitrogens with zero attached hydrogens (tertiary/aromatic N) is 1. The van der Waals surface area contributed by atoms with Gasteiger partial charge < -0.3 is 10.5 Å². The fourth-order valence-electron chi connectivity index (χ4n) is 3.19. The maximum atomic E-state index is 12.5. The van der Waals surface area contributed by atoms with Crippen molar-refractivity contribution in [2.75, 3.05) is 25.4 Å². The number of rotatable bonds is 4. The zero-order chi connectivity index (χ0) is 14.9. The van der Waals surface area contributed by atoms with Crippen LogP contribution in [-0.4, -0.2) is 50.3 Å². The number of hydrogen-bond donors (Lipinski definition) is 1. The van der Waals surface area contributed by atoms with E-state index in [1.165, 1.54) is 4.31 Å². The van der Waals surface area contributed by atoms with E-state index in [0.717, 1.165) is 18.4 Å². The standard InChI is InChI=1S/C15H22N2O3S/c16-15-10-17(9-14(15)12-5-2-1-3-6-12)21(18,19)11-13-7-4-8-20-13/h1-3,5-6,13-15H,4,7-11,16H2/t13?,14-,15+/m0/s1. The highest BCUT2D eigenvalue weighted by Crippen LogP contribution is 2.29. The molecular weight excluding hydrogens is 288 g/mol. The lowest BCUT2D eigenvalue weighted by atomic mass is 9.95. The minimum Gasteiger partial charge on any atom is -0.377 e. The number of nitrogens with two attached hydrogens (primary N) is 1. The molecule has 1 aromatic rings. The topological polar surface area (TPSA) is 72.6 Å². The summed E-state index contributed by atoms with van der Waals surface area (Å²) in [5, 5.41) is 0. The Hall–Kier alpha value is -0.950. The molecule has 2 aliphatic rings. The molecule has 6 heteroatoms. The fraction of sp³-hybridized carbons (Fsp3) is 0.600. The molecule has 116 valence electrons. The van der Waals surface area contributed by atoms with E-state index in [1.807, 2.05) is 30.3 Å². The van der Waals surface area contributed by atoms with Crippen molar-refractivity contribution >= 4 is 10.0 Å². The van der Waals surface area contributed by atoms with Gasteiger partial charge >= 0.3 is 0 Å². The largest absolute Gasteiger partial charge is 0.377 e. The average molecular weight is 310 g/mol. The van der Waals surface area contributed by atoms with Gasteiger partial charge in [0.25, 0.3) is 0 Å². The summed E-state index contributed by atoms with van der Waals surface area (Å²) in [6.45, 7) is 1.54. The van der Waals surface area contributed by atoms with E-state index in [1.54, 1.807) is 0 Å². The molecule has 2 N–H and O–H groups in total. The average Bonchev–Trinajstić information content (AvgIpc) is 3.09. The quantitative estimate of drug-likeness (QED) is 0.897. The summed E-state index contributed by atoms with van der Waals surface area (Å²) < 4.78 is 32.0. The minimum atomic E-state index is -3.29. The summed E-state index contributed by atoms with van der Waals surface area (Å²) in [7, 11) is -3.29. The third-order valence-corrected chi connectivity index (χ3v) is 6.25. The molecule has 0 amide bonds. The van der Waals surface area contributed by atoms with Crippen molar-refractivity contribution < 1.29 is 13.2 Å². The van der Waals surface area contributed by atoms with E-state index in [-0.39, 0.29) is 23.8 Å². The molecule has 1 aromatic carbocycles. The Morgan fingerprint density at radius 3 is 2.67 bits per heavy atom. The van der Waals surface area contributed by atoms with Crippen molar-refractivity contribution in [1.29, 1.82) is 0 Å². The van der Waals surface area contributed by atoms with Crippen LogP contribution in [-0.2, 0) is 14.8 Å². The molecular formula is C15H22N2O3S. The van der Waals surface area contributed by atoms with Gasteiger partial charge in [-0.3, -0.25) is 0 Å². The van der Waals surface area contributed by atoms with E-state index in [4.69, 9.17) is 10.5 Å². The summed E-state index contributed by atoms with van der Waals surface area (Å²) in [4.78, 5) is 0. The number of hydrogen-bond acceptors (Lipinski definition) is 4. The first kappa shape index (κ1) is 15.0. The Balaban J connectivity index is 1.70. The van der Waals surface area contributed by atoms with Crippen LogP contribution in [0.4, 0.5) is 0 Å². The molecule has 0 saturated carbocycles. The van der Waals surface area contributed by atoms with Gasteiger partial charge in [-0.05, 0) is 18.4 Å². The molecule has 0 aliphatic carbocycles. The van der Waals surface area contributed by atoms with E-state index in [0.29, 0.717) is 19.7 Å². The van der Waals surface area contributed by atoms with Crippen molar-refractivity contribution in [2.45, 2.75) is 30.9 Å². The number of ether oxygens (including phenoxy) is 1. The van der Waals surface area contributed by atoms with Gasteiger partial charge in [0.15, 0.2) is 0 Å². The molecule has 2 fully saturated rings. The molecule has 1 unspecified atom stereocenters. The highest BCUT2D eigenvalue weighted by Gasteiger charge is 2.38. The number of benzene rings is 1. The molecule has 2 saturated heterocycles. The molecule has 5 nitrogen and oxygen atoms in total. The Morgan fingerprint density at radius 2 is 2.00 bits per heavy atom. The second-order valence-electron chi connectivity index (χ2n) is 5.91. The first-order chi connectivity index (χ1) is 10.1. The number of sulfonamides is 1. The van der Waals surface area contributed by atoms with E-state index >= 15 is 0 Å². The lowest BCUT2D eigenvalue weighted by Crippen LogP contribution is -2.36. The Kier molecular flexibility index (Phi) is 4.31. The maximum absolute atomic E-state index is 12.5. The van der Waals surface area contributed by atoms with Crippen molar-refractivity contribution in [3.05, 3.63) is 35.9 Å². The van der Waals surface area contributed by atoms with Crippen LogP contribution in [0.5, 0.6) is 0 Å². The second-order valence-corrected chi connectivity index (χ2v) is 7.93. The van der Waals surface area contributed by atoms with Gasteiger partial charge in [-0.25, -0.2) is 8.42 Å². The van der Waals surface area contributed by atoms with E-state index < -0.39 is 10.0 Å². The van der Waals surface area contributed by atoms with Crippen LogP contribution >= 0.6 is 0 Å². The molecule has 0 radical (unpaired) electrons. The van der Waals surface area contributed by atoms with Gasteiger partial charge in [-0.1, -0.05) is 30.3 Å². The van der Waals surface area contributed by atoms with Gasteiger partial charge in [-0.15, -0.1) is 0 Å². The predicted octanol–water partition coefficient (Wildman–Crippen LogP) is 0.922. The summed E-state index contributed by atoms with van der Waals surface area (Å²) >= 11 is 0. The van der Waals surface area contributed by atoms with Gasteiger partial charge in [0.1, 0.15) is 0 Å². The molecule has 3 atom stereocenters. The maximum Gasteiger partial charge on any atom is 0.216 e. The Labute approximate surface area is 126 Å². The Morgan fingerprint density at radius 1 is 1.24 bits per heavy atom. The van der Waals surface area contributed by atoms with Crippen LogP contribution in [0.25, 0.3) is 0 Å². The van der Waals surface area contributed by atoms with Crippen LogP contribution in [0.1, 0.15) is 24.3 Å². The first-order valence-electron chi connectivity index (χ1n) is 7.46. The van der Waals surface area contributed by atoms with E-state index in [2.05, 4.69) is 0 Å². The Bertz CT molecular complexity index is 570. The van der Waals surface area contributed by atoms with Gasteiger partial charge in [0, 0.05) is 31.7 Å². The molecule has 3 rings (SSSR count). The summed E-state index contributed by atoms with van der Waals surface area (Å²) in [5.74, 6) is 0.159. The zero-order valence-corrected chi connectivity index (χ0v) is 12.8. The normalized spacial score (nSPS) is 30.8. The minimum absolute atomic E-state index is 0.0745. The monoisotopic (exact) mass is 310 g/mol. The van der Waals surface area contributed by atoms with Crippen LogP contribution < -0.4 is 5.73 Å². The highest BCUT2D eigenvalue weighted by atomic mass is 32.2. The molecule has 0 bridgehead atoms. The fourth-order valence-corrected chi connectivity index (χ4v) is 4.92. The van der Waals surface area contributed by atoms with Gasteiger partial charge in [0.05, 0.1) is 11.9 Å². The zero-order valence-electron chi connectivity index (χ0n) is 12.0. The van der Waals surface area contributed by atoms with Crippen LogP contribution in [0.15, 0.2) is 30.3 Å². The first-order valence-corrected chi connectivity index (χ1v) is 9.07. The smallest absolute Gasteiger partial charge is 0.216 e. The lowest BCUT2D eigenvalue weighted by molar-refractivity contribution is 0.126. The predicted molar refractivity (Wildman–Crippen MR) is 81.5 cm³/mol. The molecule has 21 heavy (non-hydrogen) atoms. The van der Waals surface area contributed by atoms with Gasteiger partial charge in [-0.2, -0.15) is 4.31 Å². The summed E-state index contributed by atoms with van der Waals surface area (Å²) in [5.41, 5.74) is 7.28. The third kappa shape index (κ3) is 3.29. The van der Waals surface area contributed by atoms with E-state index in [9.17, 15) is 8.42 Å². The van der Waals surface area contributed by atoms with Crippen molar-refractivity contribution in [3.63, 3.8) is 0 Å². The van der Waals surface area contributed by atoms with Crippen LogP contribution in [0.2, 0.25) is 0 Å². The summed E-state index contributed by atoms with van der Waals surface area (Å²) in [6, 6.07) is 9.76. The highest BCUT2D eigenvalue weighted by molar-refractivity contribution is 7.89. The second kappa shape index (κ2) is 6.04. The molecule has 2 aliphatic heterocycles. The SMILES string of the molecule is N[C@@H]1CN(S(=O)(=O)CC2CCCO2)C[C@H]1c1ccccc1. The summed E-state index contributed by atoms with van der Waals surface area (Å²) in [6.07, 6.45) is 1.63. The molecule has 0 aromatic heterocycles. The third-order valence-electron chi connectivity index (χ3n) is 4.37. The molecule has 2 heterocycles. The van der Waals surface area contributed by atoms with Crippen molar-refractivity contribution in [1.82, 2.24) is 4.31 Å². The molecule has 0 spiro atoms. The van der Waals surface area contributed by atoms with Crippen LogP contribution in [0, 0.1) is 0 Å². The van der Waals surface area contributed by atoms with Crippen molar-refractivity contribution in [3.8, 4) is 0 Å². The van der Waals surface area contributed by atoms with Gasteiger partial charge in [0.2, 0.25) is 10.0 Å². The van der Waals surface area contributed by atoms with Crippen LogP contribution in [0.3, 0.4) is 0 Å². The van der Waals surface area contributed by atoms with Crippen molar-refractivity contribution in [2.24, 2.45) is 5.73 Å².